The lowest BCUT2D eigenvalue weighted by atomic mass is 9.99. The second kappa shape index (κ2) is 6.27. The molecule has 1 nitrogen and oxygen atoms in total. The van der Waals surface area contributed by atoms with Gasteiger partial charge in [0.15, 0.2) is 0 Å². The van der Waals surface area contributed by atoms with Gasteiger partial charge < -0.3 is 5.32 Å². The minimum atomic E-state index is -4.02. The largest absolute Gasteiger partial charge is 0.389 e. The molecule has 0 heterocycles. The zero-order valence-electron chi connectivity index (χ0n) is 9.12. The summed E-state index contributed by atoms with van der Waals surface area (Å²) in [6.45, 7) is 6.70. The molecular formula is C10H20F3N. The summed E-state index contributed by atoms with van der Waals surface area (Å²) in [5, 5.41) is 3.09. The Morgan fingerprint density at radius 1 is 1.21 bits per heavy atom. The quantitative estimate of drug-likeness (QED) is 0.710. The first-order chi connectivity index (χ1) is 6.35. The smallest absolute Gasteiger partial charge is 0.314 e. The van der Waals surface area contributed by atoms with Crippen LogP contribution in [0.15, 0.2) is 0 Å². The van der Waals surface area contributed by atoms with Crippen molar-refractivity contribution in [3.63, 3.8) is 0 Å². The molecule has 0 saturated carbocycles. The number of hydrogen-bond donors (Lipinski definition) is 1. The molecular weight excluding hydrogens is 191 g/mol. The summed E-state index contributed by atoms with van der Waals surface area (Å²) in [5.74, 6) is 0.437. The molecule has 0 rings (SSSR count). The van der Waals surface area contributed by atoms with Crippen LogP contribution in [-0.2, 0) is 0 Å². The Kier molecular flexibility index (Phi) is 6.16. The number of rotatable bonds is 6. The molecule has 0 saturated heterocycles. The van der Waals surface area contributed by atoms with Crippen LogP contribution in [0.2, 0.25) is 0 Å². The average molecular weight is 211 g/mol. The van der Waals surface area contributed by atoms with Crippen molar-refractivity contribution in [2.45, 2.75) is 52.3 Å². The molecule has 1 N–H and O–H groups in total. The maximum absolute atomic E-state index is 12.0. The molecule has 0 bridgehead atoms. The Labute approximate surface area is 84.1 Å². The Bertz CT molecular complexity index is 143. The van der Waals surface area contributed by atoms with E-state index in [-0.39, 0.29) is 12.5 Å². The van der Waals surface area contributed by atoms with Gasteiger partial charge in [-0.2, -0.15) is 13.2 Å². The fourth-order valence-electron chi connectivity index (χ4n) is 1.50. The number of nitrogens with one attached hydrogen (secondary N) is 1. The Hall–Kier alpha value is -0.250. The minimum absolute atomic E-state index is 0.00150. The molecule has 86 valence electrons. The lowest BCUT2D eigenvalue weighted by Crippen LogP contribution is -2.31. The second-order valence-corrected chi connectivity index (χ2v) is 4.04. The van der Waals surface area contributed by atoms with E-state index in [1.54, 1.807) is 0 Å². The molecule has 0 radical (unpaired) electrons. The number of halogens is 3. The van der Waals surface area contributed by atoms with Crippen LogP contribution in [0.1, 0.15) is 40.0 Å². The van der Waals surface area contributed by atoms with Gasteiger partial charge in [-0.1, -0.05) is 20.8 Å². The monoisotopic (exact) mass is 211 g/mol. The maximum Gasteiger partial charge on any atom is 0.389 e. The van der Waals surface area contributed by atoms with E-state index in [1.165, 1.54) is 0 Å². The van der Waals surface area contributed by atoms with Gasteiger partial charge in [0.25, 0.3) is 0 Å². The van der Waals surface area contributed by atoms with Crippen LogP contribution in [0.5, 0.6) is 0 Å². The van der Waals surface area contributed by atoms with Crippen LogP contribution in [0, 0.1) is 5.92 Å². The first kappa shape index (κ1) is 13.8. The maximum atomic E-state index is 12.0. The van der Waals surface area contributed by atoms with Gasteiger partial charge in [0.05, 0.1) is 0 Å². The van der Waals surface area contributed by atoms with Crippen molar-refractivity contribution in [2.24, 2.45) is 5.92 Å². The van der Waals surface area contributed by atoms with Crippen LogP contribution in [0.3, 0.4) is 0 Å². The van der Waals surface area contributed by atoms with Gasteiger partial charge in [-0.05, 0) is 25.3 Å². The first-order valence-corrected chi connectivity index (χ1v) is 5.15. The zero-order valence-corrected chi connectivity index (χ0v) is 9.12. The lowest BCUT2D eigenvalue weighted by molar-refractivity contribution is -0.136. The summed E-state index contributed by atoms with van der Waals surface area (Å²) in [5.41, 5.74) is 0. The van der Waals surface area contributed by atoms with Crippen molar-refractivity contribution in [1.82, 2.24) is 5.32 Å². The van der Waals surface area contributed by atoms with Gasteiger partial charge in [0.2, 0.25) is 0 Å². The SMILES string of the molecule is CCNC(CCC(F)(F)F)CC(C)C. The predicted molar refractivity (Wildman–Crippen MR) is 52.2 cm³/mol. The third kappa shape index (κ3) is 8.35. The highest BCUT2D eigenvalue weighted by molar-refractivity contribution is 4.69. The predicted octanol–water partition coefficient (Wildman–Crippen LogP) is 3.35. The van der Waals surface area contributed by atoms with Gasteiger partial charge >= 0.3 is 6.18 Å². The van der Waals surface area contributed by atoms with E-state index in [4.69, 9.17) is 0 Å². The van der Waals surface area contributed by atoms with Gasteiger partial charge in [-0.15, -0.1) is 0 Å². The van der Waals surface area contributed by atoms with Gasteiger partial charge in [-0.25, -0.2) is 0 Å². The topological polar surface area (TPSA) is 12.0 Å². The molecule has 0 amide bonds. The Balaban J connectivity index is 3.84. The number of alkyl halides is 3. The molecule has 1 atom stereocenters. The highest BCUT2D eigenvalue weighted by Crippen LogP contribution is 2.23. The van der Waals surface area contributed by atoms with E-state index >= 15 is 0 Å². The molecule has 0 aromatic heterocycles. The summed E-state index contributed by atoms with van der Waals surface area (Å²) >= 11 is 0. The second-order valence-electron chi connectivity index (χ2n) is 4.04. The van der Waals surface area contributed by atoms with E-state index in [2.05, 4.69) is 5.32 Å². The van der Waals surface area contributed by atoms with Crippen molar-refractivity contribution in [3.8, 4) is 0 Å². The summed E-state index contributed by atoms with van der Waals surface area (Å²) in [4.78, 5) is 0. The normalized spacial score (nSPS) is 14.8. The highest BCUT2D eigenvalue weighted by Gasteiger charge is 2.28. The van der Waals surface area contributed by atoms with Crippen LogP contribution in [0.4, 0.5) is 13.2 Å². The van der Waals surface area contributed by atoms with Crippen LogP contribution < -0.4 is 5.32 Å². The molecule has 0 aliphatic heterocycles. The van der Waals surface area contributed by atoms with E-state index < -0.39 is 12.6 Å². The molecule has 0 spiro atoms. The summed E-state index contributed by atoms with van der Waals surface area (Å²) < 4.78 is 35.9. The summed E-state index contributed by atoms with van der Waals surface area (Å²) in [6.07, 6.45) is -3.71. The minimum Gasteiger partial charge on any atom is -0.314 e. The lowest BCUT2D eigenvalue weighted by Gasteiger charge is -2.20. The van der Waals surface area contributed by atoms with Crippen molar-refractivity contribution in [1.29, 1.82) is 0 Å². The summed E-state index contributed by atoms with van der Waals surface area (Å²) in [6, 6.07) is 0.00150. The van der Waals surface area contributed by atoms with E-state index in [0.29, 0.717) is 5.92 Å². The van der Waals surface area contributed by atoms with Gasteiger partial charge in [0, 0.05) is 12.5 Å². The average Bonchev–Trinajstić information content (AvgIpc) is 1.98. The van der Waals surface area contributed by atoms with Crippen molar-refractivity contribution in [2.75, 3.05) is 6.54 Å². The molecule has 0 fully saturated rings. The molecule has 1 unspecified atom stereocenters. The fourth-order valence-corrected chi connectivity index (χ4v) is 1.50. The highest BCUT2D eigenvalue weighted by atomic mass is 19.4. The van der Waals surface area contributed by atoms with Crippen molar-refractivity contribution >= 4 is 0 Å². The Morgan fingerprint density at radius 2 is 1.79 bits per heavy atom. The molecule has 0 aliphatic rings. The fraction of sp³-hybridized carbons (Fsp3) is 1.00. The molecule has 0 aromatic rings. The van der Waals surface area contributed by atoms with Crippen LogP contribution in [0.25, 0.3) is 0 Å². The van der Waals surface area contributed by atoms with E-state index in [9.17, 15) is 13.2 Å². The van der Waals surface area contributed by atoms with Gasteiger partial charge in [0.1, 0.15) is 0 Å². The molecule has 14 heavy (non-hydrogen) atoms. The van der Waals surface area contributed by atoms with Crippen LogP contribution >= 0.6 is 0 Å². The zero-order chi connectivity index (χ0) is 11.2. The summed E-state index contributed by atoms with van der Waals surface area (Å²) in [7, 11) is 0. The first-order valence-electron chi connectivity index (χ1n) is 5.15. The van der Waals surface area contributed by atoms with Crippen LogP contribution in [-0.4, -0.2) is 18.8 Å². The molecule has 4 heteroatoms. The molecule has 0 aromatic carbocycles. The number of hydrogen-bond acceptors (Lipinski definition) is 1. The third-order valence-corrected chi connectivity index (χ3v) is 2.02. The standard InChI is InChI=1S/C10H20F3N/c1-4-14-9(7-8(2)3)5-6-10(11,12)13/h8-9,14H,4-7H2,1-3H3. The van der Waals surface area contributed by atoms with E-state index in [0.717, 1.165) is 13.0 Å². The third-order valence-electron chi connectivity index (χ3n) is 2.02. The molecule has 0 aliphatic carbocycles. The van der Waals surface area contributed by atoms with E-state index in [1.807, 2.05) is 20.8 Å². The van der Waals surface area contributed by atoms with Gasteiger partial charge in [-0.3, -0.25) is 0 Å². The van der Waals surface area contributed by atoms with Crippen molar-refractivity contribution in [3.05, 3.63) is 0 Å². The van der Waals surface area contributed by atoms with Crippen molar-refractivity contribution < 1.29 is 13.2 Å². The Morgan fingerprint density at radius 3 is 2.14 bits per heavy atom.